The normalized spacial score (nSPS) is 17.7. The SMILES string of the molecule is COC(=O)C1=C(C(=O)OC)N(c2ccc(Cl)cc2C(=O)N2CCCCC2)C(N)=C(C#N)C1c1ccccc1. The van der Waals surface area contributed by atoms with Crippen molar-refractivity contribution < 1.29 is 23.9 Å². The van der Waals surface area contributed by atoms with Crippen LogP contribution in [-0.4, -0.2) is 50.1 Å². The second-order valence-electron chi connectivity index (χ2n) is 8.85. The van der Waals surface area contributed by atoms with Crippen LogP contribution in [0.2, 0.25) is 5.02 Å². The van der Waals surface area contributed by atoms with E-state index >= 15 is 0 Å². The molecule has 1 atom stereocenters. The highest BCUT2D eigenvalue weighted by Crippen LogP contribution is 2.44. The van der Waals surface area contributed by atoms with Gasteiger partial charge in [0.1, 0.15) is 11.5 Å². The van der Waals surface area contributed by atoms with E-state index in [1.54, 1.807) is 41.3 Å². The van der Waals surface area contributed by atoms with Gasteiger partial charge in [0.2, 0.25) is 0 Å². The molecule has 1 unspecified atom stereocenters. The molecule has 2 N–H and O–H groups in total. The number of likely N-dealkylation sites (tertiary alicyclic amines) is 1. The maximum Gasteiger partial charge on any atom is 0.355 e. The average Bonchev–Trinajstić information content (AvgIpc) is 2.96. The zero-order valence-electron chi connectivity index (χ0n) is 21.1. The maximum absolute atomic E-state index is 13.7. The van der Waals surface area contributed by atoms with Crippen LogP contribution in [0.1, 0.15) is 41.1 Å². The van der Waals surface area contributed by atoms with Gasteiger partial charge in [-0.15, -0.1) is 0 Å². The van der Waals surface area contributed by atoms with Crippen molar-refractivity contribution in [2.24, 2.45) is 5.73 Å². The second-order valence-corrected chi connectivity index (χ2v) is 9.29. The number of halogens is 1. The van der Waals surface area contributed by atoms with Crippen LogP contribution in [0.15, 0.2) is 71.2 Å². The third kappa shape index (κ3) is 4.83. The highest BCUT2D eigenvalue weighted by atomic mass is 35.5. The highest BCUT2D eigenvalue weighted by Gasteiger charge is 2.44. The fraction of sp³-hybridized carbons (Fsp3) is 0.286. The number of ether oxygens (including phenoxy) is 2. The molecule has 0 spiro atoms. The molecule has 2 aliphatic heterocycles. The molecule has 9 nitrogen and oxygen atoms in total. The molecule has 0 saturated carbocycles. The zero-order valence-corrected chi connectivity index (χ0v) is 21.8. The molecule has 196 valence electrons. The first-order valence-corrected chi connectivity index (χ1v) is 12.5. The molecular formula is C28H27ClN4O5. The summed E-state index contributed by atoms with van der Waals surface area (Å²) < 4.78 is 10.1. The van der Waals surface area contributed by atoms with Gasteiger partial charge in [-0.3, -0.25) is 9.69 Å². The standard InChI is InChI=1S/C28H27ClN4O5/c1-37-27(35)23-22(17-9-5-3-6-10-17)20(16-30)25(31)33(24(23)28(36)38-2)21-12-11-18(29)15-19(21)26(34)32-13-7-4-8-14-32/h3,5-6,9-12,15,22H,4,7-8,13-14,31H2,1-2H3. The third-order valence-electron chi connectivity index (χ3n) is 6.68. The van der Waals surface area contributed by atoms with Crippen LogP contribution in [0, 0.1) is 11.3 Å². The smallest absolute Gasteiger partial charge is 0.355 e. The van der Waals surface area contributed by atoms with E-state index in [0.717, 1.165) is 19.3 Å². The van der Waals surface area contributed by atoms with Crippen molar-refractivity contribution in [2.75, 3.05) is 32.2 Å². The van der Waals surface area contributed by atoms with Crippen molar-refractivity contribution in [1.82, 2.24) is 4.90 Å². The predicted molar refractivity (Wildman–Crippen MR) is 141 cm³/mol. The van der Waals surface area contributed by atoms with E-state index in [0.29, 0.717) is 23.7 Å². The molecule has 0 aromatic heterocycles. The molecule has 1 amide bonds. The number of allylic oxidation sites excluding steroid dienone is 1. The minimum absolute atomic E-state index is 0.00979. The number of methoxy groups -OCH3 is 2. The average molecular weight is 535 g/mol. The van der Waals surface area contributed by atoms with Crippen molar-refractivity contribution >= 4 is 35.1 Å². The molecule has 10 heteroatoms. The Hall–Kier alpha value is -4.29. The number of nitrogens with zero attached hydrogens (tertiary/aromatic N) is 3. The van der Waals surface area contributed by atoms with Crippen LogP contribution in [0.5, 0.6) is 0 Å². The number of nitrogens with two attached hydrogens (primary N) is 1. The molecule has 0 bridgehead atoms. The second kappa shape index (κ2) is 11.4. The fourth-order valence-corrected chi connectivity index (χ4v) is 5.08. The Morgan fingerprint density at radius 2 is 1.66 bits per heavy atom. The number of hydrogen-bond acceptors (Lipinski definition) is 8. The van der Waals surface area contributed by atoms with Gasteiger partial charge >= 0.3 is 11.9 Å². The van der Waals surface area contributed by atoms with Gasteiger partial charge in [0.15, 0.2) is 0 Å². The molecule has 38 heavy (non-hydrogen) atoms. The van der Waals surface area contributed by atoms with Crippen LogP contribution in [0.25, 0.3) is 0 Å². The van der Waals surface area contributed by atoms with E-state index < -0.39 is 17.9 Å². The van der Waals surface area contributed by atoms with Crippen molar-refractivity contribution in [3.63, 3.8) is 0 Å². The molecule has 2 aliphatic rings. The van der Waals surface area contributed by atoms with Crippen LogP contribution < -0.4 is 10.6 Å². The summed E-state index contributed by atoms with van der Waals surface area (Å²) in [6, 6.07) is 15.4. The Bertz CT molecular complexity index is 1370. The molecule has 1 fully saturated rings. The Labute approximate surface area is 225 Å². The lowest BCUT2D eigenvalue weighted by Crippen LogP contribution is -2.42. The van der Waals surface area contributed by atoms with E-state index in [4.69, 9.17) is 26.8 Å². The molecule has 2 aromatic rings. The van der Waals surface area contributed by atoms with Crippen LogP contribution in [0.3, 0.4) is 0 Å². The van der Waals surface area contributed by atoms with Crippen molar-refractivity contribution in [2.45, 2.75) is 25.2 Å². The summed E-state index contributed by atoms with van der Waals surface area (Å²) in [5.41, 5.74) is 7.12. The van der Waals surface area contributed by atoms with Crippen molar-refractivity contribution in [1.29, 1.82) is 5.26 Å². The number of anilines is 1. The van der Waals surface area contributed by atoms with Gasteiger partial charge in [-0.1, -0.05) is 41.9 Å². The largest absolute Gasteiger partial charge is 0.466 e. The number of carbonyl (C=O) groups excluding carboxylic acids is 3. The van der Waals surface area contributed by atoms with E-state index in [9.17, 15) is 19.6 Å². The van der Waals surface area contributed by atoms with Gasteiger partial charge in [-0.25, -0.2) is 9.59 Å². The number of amides is 1. The number of esters is 2. The zero-order chi connectivity index (χ0) is 27.4. The number of rotatable bonds is 5. The molecule has 0 radical (unpaired) electrons. The van der Waals surface area contributed by atoms with Crippen LogP contribution in [-0.2, 0) is 19.1 Å². The predicted octanol–water partition coefficient (Wildman–Crippen LogP) is 3.86. The van der Waals surface area contributed by atoms with Gasteiger partial charge in [0.25, 0.3) is 5.91 Å². The summed E-state index contributed by atoms with van der Waals surface area (Å²) in [5, 5.41) is 10.5. The summed E-state index contributed by atoms with van der Waals surface area (Å²) in [6.07, 6.45) is 2.76. The number of carbonyl (C=O) groups is 3. The minimum Gasteiger partial charge on any atom is -0.466 e. The van der Waals surface area contributed by atoms with Gasteiger partial charge in [-0.2, -0.15) is 5.26 Å². The summed E-state index contributed by atoms with van der Waals surface area (Å²) in [6.45, 7) is 1.14. The van der Waals surface area contributed by atoms with Gasteiger partial charge < -0.3 is 20.1 Å². The van der Waals surface area contributed by atoms with Gasteiger partial charge in [0, 0.05) is 18.1 Å². The van der Waals surface area contributed by atoms with E-state index in [1.165, 1.54) is 31.3 Å². The van der Waals surface area contributed by atoms with E-state index in [1.807, 2.05) is 0 Å². The molecule has 1 saturated heterocycles. The maximum atomic E-state index is 13.7. The Morgan fingerprint density at radius 1 is 1.00 bits per heavy atom. The first-order valence-electron chi connectivity index (χ1n) is 12.1. The fourth-order valence-electron chi connectivity index (χ4n) is 4.91. The Morgan fingerprint density at radius 3 is 2.26 bits per heavy atom. The summed E-state index contributed by atoms with van der Waals surface area (Å²) in [5.74, 6) is -3.17. The lowest BCUT2D eigenvalue weighted by Gasteiger charge is -2.37. The first-order chi connectivity index (χ1) is 18.3. The number of benzene rings is 2. The summed E-state index contributed by atoms with van der Waals surface area (Å²) in [7, 11) is 2.35. The molecule has 4 rings (SSSR count). The topological polar surface area (TPSA) is 126 Å². The molecule has 2 aromatic carbocycles. The first kappa shape index (κ1) is 26.8. The van der Waals surface area contributed by atoms with Gasteiger partial charge in [-0.05, 0) is 43.0 Å². The van der Waals surface area contributed by atoms with Crippen molar-refractivity contribution in [3.8, 4) is 6.07 Å². The van der Waals surface area contributed by atoms with Crippen molar-refractivity contribution in [3.05, 3.63) is 87.3 Å². The number of nitriles is 1. The highest BCUT2D eigenvalue weighted by molar-refractivity contribution is 6.31. The van der Waals surface area contributed by atoms with Crippen LogP contribution >= 0.6 is 11.6 Å². The quantitative estimate of drug-likeness (QED) is 0.573. The van der Waals surface area contributed by atoms with Crippen LogP contribution in [0.4, 0.5) is 5.69 Å². The Kier molecular flexibility index (Phi) is 8.03. The van der Waals surface area contributed by atoms with E-state index in [-0.39, 0.29) is 39.8 Å². The lowest BCUT2D eigenvalue weighted by atomic mass is 9.80. The third-order valence-corrected chi connectivity index (χ3v) is 6.92. The molecular weight excluding hydrogens is 508 g/mol. The van der Waals surface area contributed by atoms with E-state index in [2.05, 4.69) is 6.07 Å². The van der Waals surface area contributed by atoms with Gasteiger partial charge in [0.05, 0.1) is 48.6 Å². The molecule has 2 heterocycles. The molecule has 0 aliphatic carbocycles. The minimum atomic E-state index is -1.01. The summed E-state index contributed by atoms with van der Waals surface area (Å²) in [4.78, 5) is 43.2. The monoisotopic (exact) mass is 534 g/mol. The number of hydrogen-bond donors (Lipinski definition) is 1. The lowest BCUT2D eigenvalue weighted by molar-refractivity contribution is -0.139. The number of piperidine rings is 1. The summed E-state index contributed by atoms with van der Waals surface area (Å²) >= 11 is 6.30. The Balaban J connectivity index is 2.03.